The van der Waals surface area contributed by atoms with E-state index < -0.39 is 23.8 Å². The van der Waals surface area contributed by atoms with Gasteiger partial charge < -0.3 is 14.8 Å². The minimum absolute atomic E-state index is 0.218. The van der Waals surface area contributed by atoms with Gasteiger partial charge in [0.2, 0.25) is 0 Å². The number of methoxy groups -OCH3 is 1. The average molecular weight is 410 g/mol. The summed E-state index contributed by atoms with van der Waals surface area (Å²) in [6, 6.07) is 11.2. The Morgan fingerprint density at radius 2 is 1.96 bits per heavy atom. The molecule has 2 rings (SSSR count). The zero-order valence-electron chi connectivity index (χ0n) is 13.7. The Bertz CT molecular complexity index is 781. The molecule has 2 aromatic rings. The van der Waals surface area contributed by atoms with Crippen LogP contribution >= 0.6 is 15.9 Å². The van der Waals surface area contributed by atoms with E-state index >= 15 is 0 Å². The molecule has 2 aromatic carbocycles. The monoisotopic (exact) mass is 409 g/mol. The van der Waals surface area contributed by atoms with Crippen molar-refractivity contribution in [1.82, 2.24) is 5.32 Å². The predicted molar refractivity (Wildman–Crippen MR) is 93.8 cm³/mol. The molecule has 0 bridgehead atoms. The maximum atomic E-state index is 13.7. The summed E-state index contributed by atoms with van der Waals surface area (Å²) in [6.07, 6.45) is -1.07. The van der Waals surface area contributed by atoms with Crippen LogP contribution in [-0.2, 0) is 16.1 Å². The third-order valence-corrected chi connectivity index (χ3v) is 3.94. The number of rotatable bonds is 6. The van der Waals surface area contributed by atoms with Gasteiger partial charge in [-0.3, -0.25) is 4.79 Å². The second-order valence-electron chi connectivity index (χ2n) is 5.20. The second kappa shape index (κ2) is 8.62. The van der Waals surface area contributed by atoms with Gasteiger partial charge >= 0.3 is 5.97 Å². The smallest absolute Gasteiger partial charge is 0.341 e. The molecule has 0 radical (unpaired) electrons. The first-order valence-electron chi connectivity index (χ1n) is 7.48. The third-order valence-electron chi connectivity index (χ3n) is 3.45. The number of carbonyl (C=O) groups is 2. The Kier molecular flexibility index (Phi) is 6.52. The molecule has 1 N–H and O–H groups in total. The predicted octanol–water partition coefficient (Wildman–Crippen LogP) is 3.46. The van der Waals surface area contributed by atoms with Crippen LogP contribution < -0.4 is 10.1 Å². The Balaban J connectivity index is 1.96. The van der Waals surface area contributed by atoms with E-state index in [1.165, 1.54) is 26.2 Å². The first-order chi connectivity index (χ1) is 11.9. The van der Waals surface area contributed by atoms with E-state index in [0.717, 1.165) is 11.6 Å². The van der Waals surface area contributed by atoms with Gasteiger partial charge in [-0.1, -0.05) is 34.1 Å². The van der Waals surface area contributed by atoms with Gasteiger partial charge in [-0.05, 0) is 31.2 Å². The summed E-state index contributed by atoms with van der Waals surface area (Å²) in [4.78, 5) is 24.1. The SMILES string of the molecule is COc1ccccc1CNC(=O)[C@H](C)OC(=O)c1cc(Br)ccc1F. The molecule has 0 aromatic heterocycles. The van der Waals surface area contributed by atoms with Crippen molar-refractivity contribution >= 4 is 27.8 Å². The molecule has 0 spiro atoms. The lowest BCUT2D eigenvalue weighted by Crippen LogP contribution is -2.35. The Morgan fingerprint density at radius 3 is 2.68 bits per heavy atom. The molecule has 0 saturated heterocycles. The van der Waals surface area contributed by atoms with Crippen LogP contribution in [0.3, 0.4) is 0 Å². The van der Waals surface area contributed by atoms with Crippen LogP contribution in [0.2, 0.25) is 0 Å². The number of ether oxygens (including phenoxy) is 2. The first-order valence-corrected chi connectivity index (χ1v) is 8.27. The molecule has 1 amide bonds. The number of amides is 1. The van der Waals surface area contributed by atoms with Gasteiger partial charge in [0.1, 0.15) is 11.6 Å². The molecule has 0 heterocycles. The molecule has 1 atom stereocenters. The summed E-state index contributed by atoms with van der Waals surface area (Å²) >= 11 is 3.16. The van der Waals surface area contributed by atoms with Gasteiger partial charge in [-0.25, -0.2) is 9.18 Å². The zero-order valence-corrected chi connectivity index (χ0v) is 15.3. The Hall–Kier alpha value is -2.41. The van der Waals surface area contributed by atoms with Crippen LogP contribution in [0, 0.1) is 5.82 Å². The maximum Gasteiger partial charge on any atom is 0.341 e. The highest BCUT2D eigenvalue weighted by Crippen LogP contribution is 2.18. The van der Waals surface area contributed by atoms with Crippen molar-refractivity contribution in [2.75, 3.05) is 7.11 Å². The number of hydrogen-bond donors (Lipinski definition) is 1. The fourth-order valence-electron chi connectivity index (χ4n) is 2.11. The molecule has 5 nitrogen and oxygen atoms in total. The molecule has 0 aliphatic rings. The fourth-order valence-corrected chi connectivity index (χ4v) is 2.47. The average Bonchev–Trinajstić information content (AvgIpc) is 2.61. The van der Waals surface area contributed by atoms with E-state index in [0.29, 0.717) is 10.2 Å². The number of benzene rings is 2. The molecule has 7 heteroatoms. The summed E-state index contributed by atoms with van der Waals surface area (Å²) < 4.78 is 24.5. The first kappa shape index (κ1) is 18.9. The molecule has 0 unspecified atom stereocenters. The number of para-hydroxylation sites is 1. The molecular weight excluding hydrogens is 393 g/mol. The molecule has 0 aliphatic carbocycles. The Morgan fingerprint density at radius 1 is 1.24 bits per heavy atom. The largest absolute Gasteiger partial charge is 0.496 e. The molecule has 0 saturated carbocycles. The third kappa shape index (κ3) is 5.03. The zero-order chi connectivity index (χ0) is 18.4. The van der Waals surface area contributed by atoms with E-state index in [1.807, 2.05) is 18.2 Å². The highest BCUT2D eigenvalue weighted by molar-refractivity contribution is 9.10. The van der Waals surface area contributed by atoms with E-state index in [1.54, 1.807) is 6.07 Å². The van der Waals surface area contributed by atoms with Crippen LogP contribution in [0.5, 0.6) is 5.75 Å². The summed E-state index contributed by atoms with van der Waals surface area (Å²) in [7, 11) is 1.54. The minimum atomic E-state index is -1.07. The van der Waals surface area contributed by atoms with Gasteiger partial charge in [0.25, 0.3) is 5.91 Å². The van der Waals surface area contributed by atoms with E-state index in [4.69, 9.17) is 9.47 Å². The lowest BCUT2D eigenvalue weighted by Gasteiger charge is -2.15. The quantitative estimate of drug-likeness (QED) is 0.741. The topological polar surface area (TPSA) is 64.6 Å². The summed E-state index contributed by atoms with van der Waals surface area (Å²) in [5, 5.41) is 2.66. The standard InChI is InChI=1S/C18H17BrFNO4/c1-11(25-18(23)14-9-13(19)7-8-15(14)20)17(22)21-10-12-5-3-4-6-16(12)24-2/h3-9,11H,10H2,1-2H3,(H,21,22)/t11-/m0/s1. The van der Waals surface area contributed by atoms with Crippen molar-refractivity contribution in [3.63, 3.8) is 0 Å². The van der Waals surface area contributed by atoms with Crippen LogP contribution in [-0.4, -0.2) is 25.1 Å². The van der Waals surface area contributed by atoms with Crippen LogP contribution in [0.15, 0.2) is 46.9 Å². The van der Waals surface area contributed by atoms with Crippen molar-refractivity contribution in [2.24, 2.45) is 0 Å². The Labute approximate surface area is 153 Å². The fraction of sp³-hybridized carbons (Fsp3) is 0.222. The lowest BCUT2D eigenvalue weighted by molar-refractivity contribution is -0.129. The highest BCUT2D eigenvalue weighted by Gasteiger charge is 2.21. The van der Waals surface area contributed by atoms with E-state index in [9.17, 15) is 14.0 Å². The van der Waals surface area contributed by atoms with Crippen molar-refractivity contribution in [3.05, 3.63) is 63.9 Å². The normalized spacial score (nSPS) is 11.5. The molecule has 0 fully saturated rings. The summed E-state index contributed by atoms with van der Waals surface area (Å²) in [5.74, 6) is -1.47. The van der Waals surface area contributed by atoms with Crippen molar-refractivity contribution in [1.29, 1.82) is 0 Å². The van der Waals surface area contributed by atoms with Crippen molar-refractivity contribution in [3.8, 4) is 5.75 Å². The van der Waals surface area contributed by atoms with Crippen LogP contribution in [0.25, 0.3) is 0 Å². The maximum absolute atomic E-state index is 13.7. The molecule has 132 valence electrons. The molecule has 0 aliphatic heterocycles. The van der Waals surface area contributed by atoms with Gasteiger partial charge in [0, 0.05) is 16.6 Å². The summed E-state index contributed by atoms with van der Waals surface area (Å²) in [5.41, 5.74) is 0.550. The van der Waals surface area contributed by atoms with Crippen LogP contribution in [0.1, 0.15) is 22.8 Å². The van der Waals surface area contributed by atoms with Gasteiger partial charge in [-0.15, -0.1) is 0 Å². The summed E-state index contributed by atoms with van der Waals surface area (Å²) in [6.45, 7) is 1.64. The van der Waals surface area contributed by atoms with Crippen molar-refractivity contribution in [2.45, 2.75) is 19.6 Å². The second-order valence-corrected chi connectivity index (χ2v) is 6.12. The number of hydrogen-bond acceptors (Lipinski definition) is 4. The van der Waals surface area contributed by atoms with Gasteiger partial charge in [-0.2, -0.15) is 0 Å². The highest BCUT2D eigenvalue weighted by atomic mass is 79.9. The number of carbonyl (C=O) groups excluding carboxylic acids is 2. The molecular formula is C18H17BrFNO4. The number of esters is 1. The minimum Gasteiger partial charge on any atom is -0.496 e. The number of nitrogens with one attached hydrogen (secondary N) is 1. The van der Waals surface area contributed by atoms with Crippen molar-refractivity contribution < 1.29 is 23.5 Å². The van der Waals surface area contributed by atoms with Crippen LogP contribution in [0.4, 0.5) is 4.39 Å². The van der Waals surface area contributed by atoms with Gasteiger partial charge in [0.15, 0.2) is 6.10 Å². The lowest BCUT2D eigenvalue weighted by atomic mass is 10.2. The van der Waals surface area contributed by atoms with E-state index in [2.05, 4.69) is 21.2 Å². The number of halogens is 2. The molecule has 25 heavy (non-hydrogen) atoms. The van der Waals surface area contributed by atoms with E-state index in [-0.39, 0.29) is 12.1 Å². The van der Waals surface area contributed by atoms with Gasteiger partial charge in [0.05, 0.1) is 12.7 Å².